The first-order valence-corrected chi connectivity index (χ1v) is 3.89. The van der Waals surface area contributed by atoms with Gasteiger partial charge in [0.05, 0.1) is 13.0 Å². The molecule has 0 spiro atoms. The summed E-state index contributed by atoms with van der Waals surface area (Å²) >= 11 is 0. The Bertz CT molecular complexity index is 209. The molecular weight excluding hydrogens is 176 g/mol. The number of rotatable bonds is 6. The molecule has 0 saturated carbocycles. The maximum absolute atomic E-state index is 10.8. The molecule has 0 aromatic heterocycles. The van der Waals surface area contributed by atoms with Crippen LogP contribution in [0.15, 0.2) is 0 Å². The van der Waals surface area contributed by atoms with Gasteiger partial charge in [-0.05, 0) is 13.8 Å². The highest BCUT2D eigenvalue weighted by atomic mass is 17.2. The van der Waals surface area contributed by atoms with Crippen molar-refractivity contribution in [3.8, 4) is 0 Å². The molecule has 13 heavy (non-hydrogen) atoms. The Morgan fingerprint density at radius 1 is 1.15 bits per heavy atom. The molecule has 0 amide bonds. The molecule has 0 fully saturated rings. The quantitative estimate of drug-likeness (QED) is 0.343. The topological polar surface area (TPSA) is 69.7 Å². The second-order valence-electron chi connectivity index (χ2n) is 2.46. The van der Waals surface area contributed by atoms with Gasteiger partial charge >= 0.3 is 5.97 Å². The first-order valence-electron chi connectivity index (χ1n) is 3.89. The summed E-state index contributed by atoms with van der Waals surface area (Å²) in [6, 6.07) is 0. The highest BCUT2D eigenvalue weighted by molar-refractivity contribution is 6.04. The lowest BCUT2D eigenvalue weighted by Gasteiger charge is -1.99. The molecule has 0 aromatic carbocycles. The largest absolute Gasteiger partial charge is 0.349 e. The van der Waals surface area contributed by atoms with Gasteiger partial charge in [0.15, 0.2) is 5.78 Å². The second-order valence-corrected chi connectivity index (χ2v) is 2.46. The summed E-state index contributed by atoms with van der Waals surface area (Å²) < 4.78 is 0. The molecule has 0 aliphatic heterocycles. The molecule has 0 rings (SSSR count). The SMILES string of the molecule is CCOOC(=O)CC(=O)CC(C)=O. The van der Waals surface area contributed by atoms with Gasteiger partial charge in [-0.2, -0.15) is 4.89 Å². The van der Waals surface area contributed by atoms with Crippen LogP contribution in [-0.4, -0.2) is 24.1 Å². The molecule has 0 aliphatic rings. The van der Waals surface area contributed by atoms with Crippen LogP contribution < -0.4 is 0 Å². The van der Waals surface area contributed by atoms with Crippen molar-refractivity contribution in [1.29, 1.82) is 0 Å². The van der Waals surface area contributed by atoms with Crippen LogP contribution in [0.1, 0.15) is 26.7 Å². The minimum atomic E-state index is -0.770. The lowest BCUT2D eigenvalue weighted by atomic mass is 10.2. The van der Waals surface area contributed by atoms with Gasteiger partial charge in [0.25, 0.3) is 0 Å². The first kappa shape index (κ1) is 11.8. The molecule has 0 bridgehead atoms. The Morgan fingerprint density at radius 2 is 1.77 bits per heavy atom. The predicted molar refractivity (Wildman–Crippen MR) is 42.6 cm³/mol. The average Bonchev–Trinajstić information content (AvgIpc) is 1.98. The zero-order valence-electron chi connectivity index (χ0n) is 7.66. The van der Waals surface area contributed by atoms with Crippen LogP contribution in [-0.2, 0) is 24.2 Å². The summed E-state index contributed by atoms with van der Waals surface area (Å²) in [5.41, 5.74) is 0. The summed E-state index contributed by atoms with van der Waals surface area (Å²) in [6.45, 7) is 3.16. The lowest BCUT2D eigenvalue weighted by molar-refractivity contribution is -0.269. The molecule has 0 saturated heterocycles. The monoisotopic (exact) mass is 188 g/mol. The first-order chi connectivity index (χ1) is 6.06. The molecule has 5 heteroatoms. The van der Waals surface area contributed by atoms with Gasteiger partial charge in [0.2, 0.25) is 0 Å². The zero-order valence-corrected chi connectivity index (χ0v) is 7.66. The maximum Gasteiger partial charge on any atom is 0.349 e. The van der Waals surface area contributed by atoms with E-state index in [1.807, 2.05) is 0 Å². The van der Waals surface area contributed by atoms with Crippen molar-refractivity contribution in [3.05, 3.63) is 0 Å². The number of Topliss-reactive ketones (excluding diaryl/α,β-unsaturated/α-hetero) is 2. The van der Waals surface area contributed by atoms with Crippen molar-refractivity contribution in [2.24, 2.45) is 0 Å². The Morgan fingerprint density at radius 3 is 2.23 bits per heavy atom. The minimum absolute atomic E-state index is 0.229. The number of hydrogen-bond donors (Lipinski definition) is 0. The maximum atomic E-state index is 10.8. The number of hydrogen-bond acceptors (Lipinski definition) is 5. The van der Waals surface area contributed by atoms with Crippen LogP contribution in [0.4, 0.5) is 0 Å². The molecular formula is C8H12O5. The molecule has 0 aliphatic carbocycles. The van der Waals surface area contributed by atoms with Gasteiger partial charge in [-0.15, -0.1) is 0 Å². The Hall–Kier alpha value is -1.23. The van der Waals surface area contributed by atoms with Crippen molar-refractivity contribution in [2.45, 2.75) is 26.7 Å². The van der Waals surface area contributed by atoms with E-state index in [0.717, 1.165) is 0 Å². The number of carbonyl (C=O) groups excluding carboxylic acids is 3. The Kier molecular flexibility index (Phi) is 5.71. The third-order valence-corrected chi connectivity index (χ3v) is 1.06. The number of carbonyl (C=O) groups is 3. The van der Waals surface area contributed by atoms with E-state index in [-0.39, 0.29) is 18.8 Å². The summed E-state index contributed by atoms with van der Waals surface area (Å²) in [4.78, 5) is 40.5. The minimum Gasteiger partial charge on any atom is -0.300 e. The second kappa shape index (κ2) is 6.30. The van der Waals surface area contributed by atoms with Gasteiger partial charge in [-0.3, -0.25) is 14.5 Å². The summed E-state index contributed by atoms with van der Waals surface area (Å²) in [5, 5.41) is 0. The van der Waals surface area contributed by atoms with Gasteiger partial charge in [0, 0.05) is 0 Å². The van der Waals surface area contributed by atoms with E-state index in [2.05, 4.69) is 9.78 Å². The van der Waals surface area contributed by atoms with E-state index in [9.17, 15) is 14.4 Å². The van der Waals surface area contributed by atoms with E-state index in [4.69, 9.17) is 0 Å². The Labute approximate surface area is 75.9 Å². The summed E-state index contributed by atoms with van der Waals surface area (Å²) in [6.07, 6.45) is -0.652. The van der Waals surface area contributed by atoms with Crippen molar-refractivity contribution in [3.63, 3.8) is 0 Å². The van der Waals surface area contributed by atoms with E-state index in [0.29, 0.717) is 0 Å². The van der Waals surface area contributed by atoms with E-state index < -0.39 is 18.2 Å². The third kappa shape index (κ3) is 7.14. The molecule has 0 atom stereocenters. The van der Waals surface area contributed by atoms with Crippen LogP contribution in [0.2, 0.25) is 0 Å². The fourth-order valence-electron chi connectivity index (χ4n) is 0.655. The van der Waals surface area contributed by atoms with Gasteiger partial charge in [-0.1, -0.05) is 0 Å². The highest BCUT2D eigenvalue weighted by Gasteiger charge is 2.12. The van der Waals surface area contributed by atoms with Crippen LogP contribution in [0.3, 0.4) is 0 Å². The molecule has 0 heterocycles. The summed E-state index contributed by atoms with van der Waals surface area (Å²) in [7, 11) is 0. The van der Waals surface area contributed by atoms with Crippen LogP contribution in [0.25, 0.3) is 0 Å². The Balaban J connectivity index is 3.65. The van der Waals surface area contributed by atoms with E-state index in [1.54, 1.807) is 6.92 Å². The van der Waals surface area contributed by atoms with Crippen LogP contribution >= 0.6 is 0 Å². The van der Waals surface area contributed by atoms with Gasteiger partial charge < -0.3 is 0 Å². The fraction of sp³-hybridized carbons (Fsp3) is 0.625. The normalized spacial score (nSPS) is 9.38. The van der Waals surface area contributed by atoms with Crippen molar-refractivity contribution in [2.75, 3.05) is 6.61 Å². The van der Waals surface area contributed by atoms with E-state index in [1.165, 1.54) is 6.92 Å². The van der Waals surface area contributed by atoms with Gasteiger partial charge in [-0.25, -0.2) is 4.79 Å². The van der Waals surface area contributed by atoms with Crippen LogP contribution in [0.5, 0.6) is 0 Å². The smallest absolute Gasteiger partial charge is 0.300 e. The lowest BCUT2D eigenvalue weighted by Crippen LogP contribution is -2.13. The summed E-state index contributed by atoms with van der Waals surface area (Å²) in [5.74, 6) is -1.50. The van der Waals surface area contributed by atoms with Crippen molar-refractivity contribution in [1.82, 2.24) is 0 Å². The molecule has 74 valence electrons. The molecule has 5 nitrogen and oxygen atoms in total. The van der Waals surface area contributed by atoms with Crippen LogP contribution in [0, 0.1) is 0 Å². The molecule has 0 radical (unpaired) electrons. The average molecular weight is 188 g/mol. The standard InChI is InChI=1S/C8H12O5/c1-3-12-13-8(11)5-7(10)4-6(2)9/h3-5H2,1-2H3. The molecule has 0 aromatic rings. The fourth-order valence-corrected chi connectivity index (χ4v) is 0.655. The van der Waals surface area contributed by atoms with Crippen molar-refractivity contribution < 1.29 is 24.2 Å². The molecule has 0 unspecified atom stereocenters. The van der Waals surface area contributed by atoms with Crippen molar-refractivity contribution >= 4 is 17.5 Å². The number of ketones is 2. The highest BCUT2D eigenvalue weighted by Crippen LogP contribution is 1.94. The predicted octanol–water partition coefficient (Wildman–Crippen LogP) is 0.419. The molecule has 0 N–H and O–H groups in total. The van der Waals surface area contributed by atoms with E-state index >= 15 is 0 Å². The zero-order chi connectivity index (χ0) is 10.3. The third-order valence-electron chi connectivity index (χ3n) is 1.06. The van der Waals surface area contributed by atoms with Gasteiger partial charge in [0.1, 0.15) is 12.2 Å².